The molecule has 0 bridgehead atoms. The highest BCUT2D eigenvalue weighted by Crippen LogP contribution is 2.34. The number of hydrogen-bond donors (Lipinski definition) is 1. The predicted octanol–water partition coefficient (Wildman–Crippen LogP) is 2.63. The molecule has 0 spiro atoms. The Labute approximate surface area is 127 Å². The maximum Gasteiger partial charge on any atom is 0.259 e. The molecule has 5 nitrogen and oxygen atoms in total. The van der Waals surface area contributed by atoms with Gasteiger partial charge in [0.25, 0.3) is 5.91 Å². The normalized spacial score (nSPS) is 13.9. The number of H-pyrrole nitrogens is 1. The third-order valence-electron chi connectivity index (χ3n) is 4.04. The third kappa shape index (κ3) is 1.83. The van der Waals surface area contributed by atoms with Crippen LogP contribution in [0.25, 0.3) is 16.7 Å². The van der Waals surface area contributed by atoms with Gasteiger partial charge in [0.15, 0.2) is 5.65 Å². The number of pyridine rings is 1. The Balaban J connectivity index is 1.66. The molecule has 1 amide bonds. The molecule has 1 aliphatic rings. The fourth-order valence-corrected chi connectivity index (χ4v) is 2.87. The van der Waals surface area contributed by atoms with Gasteiger partial charge in [-0.3, -0.25) is 9.89 Å². The van der Waals surface area contributed by atoms with Crippen LogP contribution in [0, 0.1) is 0 Å². The highest BCUT2D eigenvalue weighted by molar-refractivity contribution is 6.16. The summed E-state index contributed by atoms with van der Waals surface area (Å²) in [5.74, 6) is -0.0234. The maximum absolute atomic E-state index is 12.7. The van der Waals surface area contributed by atoms with Crippen LogP contribution in [0.2, 0.25) is 0 Å². The van der Waals surface area contributed by atoms with Crippen molar-refractivity contribution in [2.24, 2.45) is 0 Å². The molecule has 3 heterocycles. The van der Waals surface area contributed by atoms with Gasteiger partial charge in [0.1, 0.15) is 0 Å². The summed E-state index contributed by atoms with van der Waals surface area (Å²) in [5, 5.41) is 7.52. The zero-order valence-electron chi connectivity index (χ0n) is 11.9. The van der Waals surface area contributed by atoms with Crippen LogP contribution in [0.5, 0.6) is 0 Å². The topological polar surface area (TPSA) is 61.9 Å². The predicted molar refractivity (Wildman–Crippen MR) is 84.1 cm³/mol. The van der Waals surface area contributed by atoms with Crippen LogP contribution in [0.1, 0.15) is 21.5 Å². The second-order valence-corrected chi connectivity index (χ2v) is 5.32. The van der Waals surface area contributed by atoms with Crippen molar-refractivity contribution < 1.29 is 4.79 Å². The zero-order chi connectivity index (χ0) is 15.1. The lowest BCUT2D eigenvalue weighted by Crippen LogP contribution is -2.25. The smallest absolute Gasteiger partial charge is 0.259 e. The monoisotopic (exact) mass is 290 g/mol. The summed E-state index contributed by atoms with van der Waals surface area (Å²) in [6, 6.07) is 10.1. The number of aromatic amines is 1. The molecule has 0 saturated heterocycles. The fourth-order valence-electron chi connectivity index (χ4n) is 2.87. The summed E-state index contributed by atoms with van der Waals surface area (Å²) in [7, 11) is 0. The van der Waals surface area contributed by atoms with Crippen molar-refractivity contribution in [1.29, 1.82) is 0 Å². The van der Waals surface area contributed by atoms with E-state index < -0.39 is 0 Å². The van der Waals surface area contributed by atoms with E-state index >= 15 is 0 Å². The minimum atomic E-state index is -0.0234. The molecule has 1 N–H and O–H groups in total. The van der Waals surface area contributed by atoms with E-state index in [-0.39, 0.29) is 5.91 Å². The van der Waals surface area contributed by atoms with Crippen LogP contribution >= 0.6 is 0 Å². The maximum atomic E-state index is 12.7. The lowest BCUT2D eigenvalue weighted by molar-refractivity contribution is 0.0853. The molecule has 108 valence electrons. The highest BCUT2D eigenvalue weighted by atomic mass is 16.2. The molecule has 4 rings (SSSR count). The van der Waals surface area contributed by atoms with Gasteiger partial charge in [-0.2, -0.15) is 5.10 Å². The number of fused-ring (bicyclic) bond motifs is 3. The van der Waals surface area contributed by atoms with Crippen LogP contribution in [0.3, 0.4) is 0 Å². The zero-order valence-corrected chi connectivity index (χ0v) is 11.9. The SMILES string of the molecule is C=C1c2cnc3[nH]ncc3c2C(=O)N1CCc1ccccc1. The van der Waals surface area contributed by atoms with Crippen molar-refractivity contribution in [2.45, 2.75) is 6.42 Å². The van der Waals surface area contributed by atoms with Crippen LogP contribution < -0.4 is 0 Å². The number of amides is 1. The Hall–Kier alpha value is -2.95. The molecular formula is C17H14N4O. The first kappa shape index (κ1) is 12.8. The van der Waals surface area contributed by atoms with Crippen LogP contribution in [0.4, 0.5) is 0 Å². The van der Waals surface area contributed by atoms with Gasteiger partial charge in [-0.05, 0) is 12.0 Å². The van der Waals surface area contributed by atoms with E-state index in [0.717, 1.165) is 17.4 Å². The third-order valence-corrected chi connectivity index (χ3v) is 4.04. The van der Waals surface area contributed by atoms with E-state index in [2.05, 4.69) is 33.9 Å². The molecule has 0 aliphatic carbocycles. The van der Waals surface area contributed by atoms with E-state index in [4.69, 9.17) is 0 Å². The molecular weight excluding hydrogens is 276 g/mol. The minimum Gasteiger partial charge on any atom is -0.308 e. The number of nitrogens with zero attached hydrogens (tertiary/aromatic N) is 3. The van der Waals surface area contributed by atoms with Gasteiger partial charge in [0, 0.05) is 24.0 Å². The number of hydrogen-bond acceptors (Lipinski definition) is 3. The molecule has 0 radical (unpaired) electrons. The second kappa shape index (κ2) is 4.80. The molecule has 0 atom stereocenters. The Morgan fingerprint density at radius 2 is 2.00 bits per heavy atom. The van der Waals surface area contributed by atoms with Crippen LogP contribution in [0.15, 0.2) is 49.3 Å². The molecule has 22 heavy (non-hydrogen) atoms. The van der Waals surface area contributed by atoms with Gasteiger partial charge >= 0.3 is 0 Å². The quantitative estimate of drug-likeness (QED) is 0.806. The summed E-state index contributed by atoms with van der Waals surface area (Å²) >= 11 is 0. The average molecular weight is 290 g/mol. The molecule has 3 aromatic rings. The minimum absolute atomic E-state index is 0.0234. The second-order valence-electron chi connectivity index (χ2n) is 5.32. The lowest BCUT2D eigenvalue weighted by Gasteiger charge is -2.17. The number of rotatable bonds is 3. The molecule has 1 aromatic carbocycles. The Bertz CT molecular complexity index is 882. The number of benzene rings is 1. The Kier molecular flexibility index (Phi) is 2.79. The number of carbonyl (C=O) groups is 1. The lowest BCUT2D eigenvalue weighted by atomic mass is 10.1. The fraction of sp³-hybridized carbons (Fsp3) is 0.118. The largest absolute Gasteiger partial charge is 0.308 e. The summed E-state index contributed by atoms with van der Waals surface area (Å²) in [6.45, 7) is 4.67. The van der Waals surface area contributed by atoms with Gasteiger partial charge < -0.3 is 4.90 Å². The Morgan fingerprint density at radius 3 is 2.82 bits per heavy atom. The van der Waals surface area contributed by atoms with E-state index in [1.807, 2.05) is 18.2 Å². The molecule has 1 aliphatic heterocycles. The van der Waals surface area contributed by atoms with Gasteiger partial charge in [-0.25, -0.2) is 4.98 Å². The first-order valence-electron chi connectivity index (χ1n) is 7.13. The van der Waals surface area contributed by atoms with Crippen molar-refractivity contribution >= 4 is 22.6 Å². The first-order valence-corrected chi connectivity index (χ1v) is 7.13. The van der Waals surface area contributed by atoms with Gasteiger partial charge in [0.2, 0.25) is 0 Å². The van der Waals surface area contributed by atoms with E-state index in [9.17, 15) is 4.79 Å². The summed E-state index contributed by atoms with van der Waals surface area (Å²) in [6.07, 6.45) is 4.13. The van der Waals surface area contributed by atoms with Crippen LogP contribution in [-0.4, -0.2) is 32.5 Å². The first-order chi connectivity index (χ1) is 10.8. The molecule has 0 unspecified atom stereocenters. The average Bonchev–Trinajstić information content (AvgIpc) is 3.11. The van der Waals surface area contributed by atoms with Gasteiger partial charge in [-0.1, -0.05) is 36.9 Å². The summed E-state index contributed by atoms with van der Waals surface area (Å²) < 4.78 is 0. The molecule has 0 fully saturated rings. The number of nitrogens with one attached hydrogen (secondary N) is 1. The molecule has 0 saturated carbocycles. The Morgan fingerprint density at radius 1 is 1.18 bits per heavy atom. The standard InChI is InChI=1S/C17H14N4O/c1-11-13-9-18-16-14(10-19-20-16)15(13)17(22)21(11)8-7-12-5-3-2-4-6-12/h2-6,9-10H,1,7-8H2,(H,18,19,20). The van der Waals surface area contributed by atoms with Crippen molar-refractivity contribution in [3.05, 3.63) is 66.0 Å². The molecule has 2 aromatic heterocycles. The van der Waals surface area contributed by atoms with E-state index in [1.54, 1.807) is 17.3 Å². The van der Waals surface area contributed by atoms with Gasteiger partial charge in [-0.15, -0.1) is 0 Å². The van der Waals surface area contributed by atoms with E-state index in [1.165, 1.54) is 5.56 Å². The van der Waals surface area contributed by atoms with Crippen molar-refractivity contribution in [3.8, 4) is 0 Å². The van der Waals surface area contributed by atoms with Crippen LogP contribution in [-0.2, 0) is 6.42 Å². The summed E-state index contributed by atoms with van der Waals surface area (Å²) in [4.78, 5) is 18.8. The van der Waals surface area contributed by atoms with Crippen molar-refractivity contribution in [2.75, 3.05) is 6.54 Å². The van der Waals surface area contributed by atoms with Crippen molar-refractivity contribution in [1.82, 2.24) is 20.1 Å². The number of aromatic nitrogens is 3. The molecule has 5 heteroatoms. The number of carbonyl (C=O) groups excluding carboxylic acids is 1. The highest BCUT2D eigenvalue weighted by Gasteiger charge is 2.33. The van der Waals surface area contributed by atoms with E-state index in [0.29, 0.717) is 23.5 Å². The van der Waals surface area contributed by atoms with Crippen molar-refractivity contribution in [3.63, 3.8) is 0 Å². The van der Waals surface area contributed by atoms with Gasteiger partial charge in [0.05, 0.1) is 17.1 Å². The summed E-state index contributed by atoms with van der Waals surface area (Å²) in [5.41, 5.74) is 3.99.